The zero-order valence-corrected chi connectivity index (χ0v) is 18.5. The van der Waals surface area contributed by atoms with Gasteiger partial charge in [-0.2, -0.15) is 0 Å². The first-order valence-corrected chi connectivity index (χ1v) is 10.5. The predicted octanol–water partition coefficient (Wildman–Crippen LogP) is 3.92. The van der Waals surface area contributed by atoms with Crippen LogP contribution in [0.1, 0.15) is 25.0 Å². The number of benzene rings is 2. The molecule has 0 amide bonds. The Bertz CT molecular complexity index is 1020. The number of carboxylic acids is 1. The van der Waals surface area contributed by atoms with E-state index in [2.05, 4.69) is 22.8 Å². The number of hydrogen-bond acceptors (Lipinski definition) is 6. The molecular weight excluding hydrogens is 394 g/mol. The molecule has 164 valence electrons. The van der Waals surface area contributed by atoms with Gasteiger partial charge in [-0.05, 0) is 45.0 Å². The monoisotopic (exact) mass is 423 g/mol. The van der Waals surface area contributed by atoms with E-state index in [0.717, 1.165) is 60.3 Å². The lowest BCUT2D eigenvalue weighted by Gasteiger charge is -2.39. The maximum atomic E-state index is 11.5. The molecule has 0 atom stereocenters. The van der Waals surface area contributed by atoms with Gasteiger partial charge in [0.15, 0.2) is 5.75 Å². The minimum atomic E-state index is -0.769. The minimum absolute atomic E-state index is 0.529. The fourth-order valence-electron chi connectivity index (χ4n) is 3.98. The van der Waals surface area contributed by atoms with Crippen molar-refractivity contribution in [3.63, 3.8) is 0 Å². The molecule has 0 aromatic heterocycles. The van der Waals surface area contributed by atoms with E-state index in [1.165, 1.54) is 0 Å². The van der Waals surface area contributed by atoms with Crippen molar-refractivity contribution < 1.29 is 19.4 Å². The average Bonchev–Trinajstić information content (AvgIpc) is 2.90. The second-order valence-corrected chi connectivity index (χ2v) is 8.82. The summed E-state index contributed by atoms with van der Waals surface area (Å²) in [4.78, 5) is 21.0. The molecule has 2 aliphatic rings. The highest BCUT2D eigenvalue weighted by Crippen LogP contribution is 2.40. The number of nitrogens with zero attached hydrogens (tertiary/aromatic N) is 3. The number of aryl methyl sites for hydroxylation is 1. The van der Waals surface area contributed by atoms with Gasteiger partial charge >= 0.3 is 5.97 Å². The molecule has 7 heteroatoms. The van der Waals surface area contributed by atoms with Gasteiger partial charge in [0, 0.05) is 38.8 Å². The quantitative estimate of drug-likeness (QED) is 0.804. The van der Waals surface area contributed by atoms with Crippen LogP contribution in [0.2, 0.25) is 0 Å². The van der Waals surface area contributed by atoms with E-state index in [-0.39, 0.29) is 0 Å². The number of fused-ring (bicyclic) bond motifs is 2. The zero-order chi connectivity index (χ0) is 22.2. The number of rotatable bonds is 4. The average molecular weight is 424 g/mol. The van der Waals surface area contributed by atoms with Gasteiger partial charge in [0.1, 0.15) is 23.0 Å². The van der Waals surface area contributed by atoms with Crippen LogP contribution in [0.15, 0.2) is 41.4 Å². The summed E-state index contributed by atoms with van der Waals surface area (Å²) in [6.07, 6.45) is 0. The lowest BCUT2D eigenvalue weighted by Crippen LogP contribution is -2.52. The molecular formula is C24H29N3O4. The maximum Gasteiger partial charge on any atom is 0.310 e. The van der Waals surface area contributed by atoms with E-state index < -0.39 is 11.4 Å². The normalized spacial score (nSPS) is 16.5. The molecule has 1 saturated heterocycles. The summed E-state index contributed by atoms with van der Waals surface area (Å²) >= 11 is 0. The summed E-state index contributed by atoms with van der Waals surface area (Å²) in [5.41, 5.74) is 2.07. The molecule has 0 spiro atoms. The molecule has 0 radical (unpaired) electrons. The highest BCUT2D eigenvalue weighted by atomic mass is 16.5. The van der Waals surface area contributed by atoms with Gasteiger partial charge in [0.2, 0.25) is 0 Å². The van der Waals surface area contributed by atoms with Crippen molar-refractivity contribution in [3.05, 3.63) is 47.5 Å². The number of ether oxygens (including phenoxy) is 2. The Labute approximate surface area is 182 Å². The first-order chi connectivity index (χ1) is 14.8. The summed E-state index contributed by atoms with van der Waals surface area (Å²) in [6.45, 7) is 9.23. The van der Waals surface area contributed by atoms with Crippen LogP contribution >= 0.6 is 0 Å². The highest BCUT2D eigenvalue weighted by molar-refractivity contribution is 6.04. The Kier molecular flexibility index (Phi) is 5.62. The molecule has 1 N–H and O–H groups in total. The maximum absolute atomic E-state index is 11.5. The van der Waals surface area contributed by atoms with Gasteiger partial charge < -0.3 is 19.5 Å². The van der Waals surface area contributed by atoms with Crippen LogP contribution < -0.4 is 9.47 Å². The first-order valence-electron chi connectivity index (χ1n) is 10.5. The van der Waals surface area contributed by atoms with Crippen LogP contribution in [0.3, 0.4) is 0 Å². The number of aliphatic carboxylic acids is 1. The third kappa shape index (κ3) is 4.37. The molecule has 0 saturated carbocycles. The molecule has 0 bridgehead atoms. The van der Waals surface area contributed by atoms with E-state index in [9.17, 15) is 9.90 Å². The number of aliphatic imine (C=N–C) groups is 1. The van der Waals surface area contributed by atoms with Gasteiger partial charge in [0.05, 0.1) is 18.1 Å². The third-order valence-corrected chi connectivity index (χ3v) is 5.86. The summed E-state index contributed by atoms with van der Waals surface area (Å²) in [5.74, 6) is 2.32. The molecule has 2 aliphatic heterocycles. The molecule has 2 aromatic carbocycles. The van der Waals surface area contributed by atoms with Gasteiger partial charge in [-0.15, -0.1) is 0 Å². The lowest BCUT2D eigenvalue weighted by atomic mass is 9.93. The molecule has 0 unspecified atom stereocenters. The molecule has 4 rings (SSSR count). The largest absolute Gasteiger partial charge is 0.497 e. The van der Waals surface area contributed by atoms with Crippen molar-refractivity contribution in [1.29, 1.82) is 0 Å². The Morgan fingerprint density at radius 1 is 1.13 bits per heavy atom. The molecule has 2 heterocycles. The van der Waals surface area contributed by atoms with E-state index in [0.29, 0.717) is 12.3 Å². The fraction of sp³-hybridized carbons (Fsp3) is 0.417. The summed E-state index contributed by atoms with van der Waals surface area (Å²) in [6, 6.07) is 11.8. The van der Waals surface area contributed by atoms with E-state index >= 15 is 0 Å². The van der Waals surface area contributed by atoms with Crippen molar-refractivity contribution >= 4 is 17.5 Å². The van der Waals surface area contributed by atoms with Gasteiger partial charge in [-0.1, -0.05) is 11.6 Å². The predicted molar refractivity (Wildman–Crippen MR) is 120 cm³/mol. The Morgan fingerprint density at radius 2 is 1.84 bits per heavy atom. The Morgan fingerprint density at radius 3 is 2.52 bits per heavy atom. The Hall–Kier alpha value is -3.06. The zero-order valence-electron chi connectivity index (χ0n) is 18.5. The van der Waals surface area contributed by atoms with Crippen LogP contribution in [0.4, 0.5) is 5.69 Å². The molecule has 7 nitrogen and oxygen atoms in total. The number of carboxylic acid groups (broad SMARTS) is 1. The van der Waals surface area contributed by atoms with Crippen molar-refractivity contribution in [2.45, 2.75) is 20.8 Å². The summed E-state index contributed by atoms with van der Waals surface area (Å²) in [7, 11) is 1.64. The molecule has 31 heavy (non-hydrogen) atoms. The van der Waals surface area contributed by atoms with Gasteiger partial charge in [0.25, 0.3) is 0 Å². The van der Waals surface area contributed by atoms with Crippen LogP contribution in [0.25, 0.3) is 0 Å². The molecule has 2 aromatic rings. The number of methoxy groups -OCH3 is 1. The lowest BCUT2D eigenvalue weighted by molar-refractivity contribution is -0.148. The second kappa shape index (κ2) is 8.23. The Balaban J connectivity index is 1.64. The summed E-state index contributed by atoms with van der Waals surface area (Å²) in [5, 5.41) is 9.45. The van der Waals surface area contributed by atoms with E-state index in [1.807, 2.05) is 30.3 Å². The topological polar surface area (TPSA) is 74.6 Å². The SMILES string of the molecule is COc1ccc2c(c1)N=C(N1CCN(CC(C)(C)C(=O)O)CC1)c1cc(C)ccc1O2. The van der Waals surface area contributed by atoms with Crippen LogP contribution in [-0.4, -0.2) is 66.5 Å². The molecule has 0 aliphatic carbocycles. The number of carbonyl (C=O) groups is 1. The van der Waals surface area contributed by atoms with Crippen LogP contribution in [0, 0.1) is 12.3 Å². The van der Waals surface area contributed by atoms with Crippen LogP contribution in [-0.2, 0) is 4.79 Å². The van der Waals surface area contributed by atoms with Gasteiger partial charge in [-0.25, -0.2) is 4.99 Å². The van der Waals surface area contributed by atoms with Crippen molar-refractivity contribution in [2.75, 3.05) is 39.8 Å². The first kappa shape index (κ1) is 21.2. The smallest absolute Gasteiger partial charge is 0.310 e. The van der Waals surface area contributed by atoms with E-state index in [1.54, 1.807) is 21.0 Å². The van der Waals surface area contributed by atoms with Crippen LogP contribution in [0.5, 0.6) is 17.2 Å². The molecule has 1 fully saturated rings. The highest BCUT2D eigenvalue weighted by Gasteiger charge is 2.32. The number of piperazine rings is 1. The summed E-state index contributed by atoms with van der Waals surface area (Å²) < 4.78 is 11.6. The second-order valence-electron chi connectivity index (χ2n) is 8.82. The van der Waals surface area contributed by atoms with Crippen molar-refractivity contribution in [3.8, 4) is 17.2 Å². The number of amidine groups is 1. The minimum Gasteiger partial charge on any atom is -0.497 e. The third-order valence-electron chi connectivity index (χ3n) is 5.86. The number of hydrogen-bond donors (Lipinski definition) is 1. The van der Waals surface area contributed by atoms with E-state index in [4.69, 9.17) is 14.5 Å². The van der Waals surface area contributed by atoms with Gasteiger partial charge in [-0.3, -0.25) is 9.69 Å². The van der Waals surface area contributed by atoms with Crippen molar-refractivity contribution in [1.82, 2.24) is 9.80 Å². The standard InChI is InChI=1S/C24H29N3O4/c1-16-5-7-20-18(13-16)22(25-19-14-17(30-4)6-8-21(19)31-20)27-11-9-26(10-12-27)15-24(2,3)23(28)29/h5-8,13-14H,9-12,15H2,1-4H3,(H,28,29). The fourth-order valence-corrected chi connectivity index (χ4v) is 3.98. The van der Waals surface area contributed by atoms with Crippen molar-refractivity contribution in [2.24, 2.45) is 10.4 Å².